The largest absolute Gasteiger partial charge is 0.481 e. The first-order valence-corrected chi connectivity index (χ1v) is 5.79. The Morgan fingerprint density at radius 3 is 2.94 bits per heavy atom. The average Bonchev–Trinajstić information content (AvgIpc) is 2.72. The van der Waals surface area contributed by atoms with Gasteiger partial charge in [0, 0.05) is 12.2 Å². The van der Waals surface area contributed by atoms with Gasteiger partial charge < -0.3 is 10.4 Å². The van der Waals surface area contributed by atoms with Gasteiger partial charge in [-0.1, -0.05) is 19.1 Å². The van der Waals surface area contributed by atoms with E-state index in [0.717, 1.165) is 24.9 Å². The van der Waals surface area contributed by atoms with Gasteiger partial charge in [-0.15, -0.1) is 12.4 Å². The molecule has 0 saturated carbocycles. The van der Waals surface area contributed by atoms with Crippen molar-refractivity contribution in [2.75, 3.05) is 11.9 Å². The highest BCUT2D eigenvalue weighted by molar-refractivity contribution is 5.85. The van der Waals surface area contributed by atoms with E-state index in [4.69, 9.17) is 5.11 Å². The molecule has 0 fully saturated rings. The maximum absolute atomic E-state index is 10.8. The number of aliphatic carboxylic acids is 1. The Morgan fingerprint density at radius 2 is 2.29 bits per heavy atom. The van der Waals surface area contributed by atoms with Crippen LogP contribution in [0.4, 0.5) is 5.69 Å². The first-order chi connectivity index (χ1) is 7.70. The minimum absolute atomic E-state index is 0. The lowest BCUT2D eigenvalue weighted by atomic mass is 9.91. The smallest absolute Gasteiger partial charge is 0.303 e. The highest BCUT2D eigenvalue weighted by Gasteiger charge is 2.16. The molecule has 0 spiro atoms. The lowest BCUT2D eigenvalue weighted by Gasteiger charge is -2.14. The van der Waals surface area contributed by atoms with Gasteiger partial charge in [-0.25, -0.2) is 0 Å². The molecule has 0 aliphatic carbocycles. The number of carboxylic acid groups (broad SMARTS) is 1. The molecule has 1 aliphatic heterocycles. The summed E-state index contributed by atoms with van der Waals surface area (Å²) in [5.41, 5.74) is 3.68. The zero-order valence-electron chi connectivity index (χ0n) is 9.90. The average molecular weight is 256 g/mol. The van der Waals surface area contributed by atoms with E-state index in [1.165, 1.54) is 11.3 Å². The minimum Gasteiger partial charge on any atom is -0.481 e. The fourth-order valence-electron chi connectivity index (χ4n) is 2.29. The molecule has 1 aliphatic rings. The molecule has 1 aromatic rings. The summed E-state index contributed by atoms with van der Waals surface area (Å²) in [7, 11) is 0. The van der Waals surface area contributed by atoms with E-state index in [0.29, 0.717) is 0 Å². The third kappa shape index (κ3) is 3.13. The maximum Gasteiger partial charge on any atom is 0.303 e. The van der Waals surface area contributed by atoms with E-state index in [9.17, 15) is 4.79 Å². The summed E-state index contributed by atoms with van der Waals surface area (Å²) in [6, 6.07) is 6.28. The molecule has 4 heteroatoms. The molecule has 17 heavy (non-hydrogen) atoms. The quantitative estimate of drug-likeness (QED) is 0.870. The van der Waals surface area contributed by atoms with Gasteiger partial charge in [-0.2, -0.15) is 0 Å². The lowest BCUT2D eigenvalue weighted by Crippen LogP contribution is -2.05. The molecule has 3 nitrogen and oxygen atoms in total. The van der Waals surface area contributed by atoms with E-state index in [1.807, 2.05) is 13.0 Å². The zero-order valence-corrected chi connectivity index (χ0v) is 10.7. The van der Waals surface area contributed by atoms with Crippen molar-refractivity contribution >= 4 is 24.1 Å². The third-order valence-corrected chi connectivity index (χ3v) is 3.22. The SMILES string of the molecule is CCC(CC(=O)O)c1ccc2c(c1)CCN2.Cl. The van der Waals surface area contributed by atoms with Crippen molar-refractivity contribution in [1.82, 2.24) is 0 Å². The predicted molar refractivity (Wildman–Crippen MR) is 71.2 cm³/mol. The topological polar surface area (TPSA) is 49.3 Å². The van der Waals surface area contributed by atoms with Crippen LogP contribution in [0.15, 0.2) is 18.2 Å². The number of hydrogen-bond acceptors (Lipinski definition) is 2. The number of halogens is 1. The number of anilines is 1. The monoisotopic (exact) mass is 255 g/mol. The Kier molecular flexibility index (Phi) is 4.82. The van der Waals surface area contributed by atoms with Crippen molar-refractivity contribution in [1.29, 1.82) is 0 Å². The molecule has 1 heterocycles. The standard InChI is InChI=1S/C13H17NO2.ClH/c1-2-9(8-13(15)16)10-3-4-12-11(7-10)5-6-14-12;/h3-4,7,9,14H,2,5-6,8H2,1H3,(H,15,16);1H. The Labute approximate surface area is 108 Å². The summed E-state index contributed by atoms with van der Waals surface area (Å²) in [4.78, 5) is 10.8. The molecule has 2 rings (SSSR count). The normalized spacial score (nSPS) is 14.4. The fraction of sp³-hybridized carbons (Fsp3) is 0.462. The van der Waals surface area contributed by atoms with Crippen LogP contribution in [0.5, 0.6) is 0 Å². The Hall–Kier alpha value is -1.22. The second-order valence-electron chi connectivity index (χ2n) is 4.30. The van der Waals surface area contributed by atoms with Gasteiger partial charge in [0.1, 0.15) is 0 Å². The molecule has 1 aromatic carbocycles. The van der Waals surface area contributed by atoms with Crippen molar-refractivity contribution in [3.8, 4) is 0 Å². The van der Waals surface area contributed by atoms with Crippen LogP contribution < -0.4 is 5.32 Å². The second-order valence-corrected chi connectivity index (χ2v) is 4.30. The molecule has 0 saturated heterocycles. The predicted octanol–water partition coefficient (Wildman–Crippen LogP) is 3.04. The summed E-state index contributed by atoms with van der Waals surface area (Å²) >= 11 is 0. The van der Waals surface area contributed by atoms with Gasteiger partial charge in [0.25, 0.3) is 0 Å². The van der Waals surface area contributed by atoms with E-state index in [2.05, 4.69) is 17.4 Å². The van der Waals surface area contributed by atoms with Gasteiger partial charge in [-0.3, -0.25) is 4.79 Å². The number of carbonyl (C=O) groups is 1. The third-order valence-electron chi connectivity index (χ3n) is 3.22. The Morgan fingerprint density at radius 1 is 1.53 bits per heavy atom. The fourth-order valence-corrected chi connectivity index (χ4v) is 2.29. The van der Waals surface area contributed by atoms with Crippen molar-refractivity contribution in [3.05, 3.63) is 29.3 Å². The number of hydrogen-bond donors (Lipinski definition) is 2. The van der Waals surface area contributed by atoms with E-state index >= 15 is 0 Å². The summed E-state index contributed by atoms with van der Waals surface area (Å²) in [5.74, 6) is -0.575. The van der Waals surface area contributed by atoms with Gasteiger partial charge in [0.15, 0.2) is 0 Å². The highest BCUT2D eigenvalue weighted by Crippen LogP contribution is 2.29. The molecule has 1 atom stereocenters. The first-order valence-electron chi connectivity index (χ1n) is 5.79. The van der Waals surface area contributed by atoms with E-state index < -0.39 is 5.97 Å². The second kappa shape index (κ2) is 5.92. The number of carboxylic acids is 1. The number of fused-ring (bicyclic) bond motifs is 1. The Bertz CT molecular complexity index is 406. The summed E-state index contributed by atoms with van der Waals surface area (Å²) in [6.07, 6.45) is 2.15. The molecule has 2 N–H and O–H groups in total. The van der Waals surface area contributed by atoms with Crippen LogP contribution in [0.1, 0.15) is 36.8 Å². The van der Waals surface area contributed by atoms with Crippen molar-refractivity contribution in [3.63, 3.8) is 0 Å². The van der Waals surface area contributed by atoms with Crippen molar-refractivity contribution in [2.45, 2.75) is 32.1 Å². The minimum atomic E-state index is -0.717. The number of benzene rings is 1. The maximum atomic E-state index is 10.8. The molecule has 0 aromatic heterocycles. The van der Waals surface area contributed by atoms with Crippen LogP contribution in [0, 0.1) is 0 Å². The van der Waals surface area contributed by atoms with Gasteiger partial charge in [0.2, 0.25) is 0 Å². The first kappa shape index (κ1) is 13.8. The molecule has 0 radical (unpaired) electrons. The van der Waals surface area contributed by atoms with Gasteiger partial charge in [0.05, 0.1) is 6.42 Å². The summed E-state index contributed by atoms with van der Waals surface area (Å²) < 4.78 is 0. The molecular formula is C13H18ClNO2. The summed E-state index contributed by atoms with van der Waals surface area (Å²) in [5, 5.41) is 12.2. The van der Waals surface area contributed by atoms with E-state index in [1.54, 1.807) is 0 Å². The molecule has 1 unspecified atom stereocenters. The molecule has 0 bridgehead atoms. The number of rotatable bonds is 4. The molecule has 94 valence electrons. The summed E-state index contributed by atoms with van der Waals surface area (Å²) in [6.45, 7) is 3.04. The van der Waals surface area contributed by atoms with Gasteiger partial charge in [-0.05, 0) is 36.0 Å². The highest BCUT2D eigenvalue weighted by atomic mass is 35.5. The lowest BCUT2D eigenvalue weighted by molar-refractivity contribution is -0.137. The van der Waals surface area contributed by atoms with Crippen LogP contribution >= 0.6 is 12.4 Å². The van der Waals surface area contributed by atoms with Gasteiger partial charge >= 0.3 is 5.97 Å². The molecule has 0 amide bonds. The van der Waals surface area contributed by atoms with Crippen LogP contribution in [0.25, 0.3) is 0 Å². The van der Waals surface area contributed by atoms with Crippen LogP contribution in [-0.2, 0) is 11.2 Å². The zero-order chi connectivity index (χ0) is 11.5. The van der Waals surface area contributed by atoms with Crippen LogP contribution in [-0.4, -0.2) is 17.6 Å². The Balaban J connectivity index is 0.00000144. The number of nitrogens with one attached hydrogen (secondary N) is 1. The van der Waals surface area contributed by atoms with Crippen LogP contribution in [0.2, 0.25) is 0 Å². The molecular weight excluding hydrogens is 238 g/mol. The van der Waals surface area contributed by atoms with Crippen molar-refractivity contribution < 1.29 is 9.90 Å². The van der Waals surface area contributed by atoms with Crippen LogP contribution in [0.3, 0.4) is 0 Å². The van der Waals surface area contributed by atoms with E-state index in [-0.39, 0.29) is 24.7 Å². The van der Waals surface area contributed by atoms with Crippen molar-refractivity contribution in [2.24, 2.45) is 0 Å².